The Hall–Kier alpha value is -3.78. The zero-order valence-electron chi connectivity index (χ0n) is 21.5. The van der Waals surface area contributed by atoms with Crippen LogP contribution in [0.25, 0.3) is 0 Å². The van der Waals surface area contributed by atoms with Crippen molar-refractivity contribution in [1.82, 2.24) is 5.06 Å². The Bertz CT molecular complexity index is 1390. The predicted molar refractivity (Wildman–Crippen MR) is 149 cm³/mol. The molecule has 0 spiro atoms. The Morgan fingerprint density at radius 1 is 0.744 bits per heavy atom. The molecule has 200 valence electrons. The first-order chi connectivity index (χ1) is 19.0. The molecular weight excluding hydrogens is 510 g/mol. The minimum Gasteiger partial charge on any atom is -0.392 e. The molecule has 1 N–H and O–H groups in total. The van der Waals surface area contributed by atoms with Gasteiger partial charge in [0.15, 0.2) is 15.4 Å². The zero-order valence-corrected chi connectivity index (χ0v) is 22.3. The van der Waals surface area contributed by atoms with Crippen LogP contribution in [-0.2, 0) is 31.7 Å². The Morgan fingerprint density at radius 2 is 1.23 bits per heavy atom. The van der Waals surface area contributed by atoms with Crippen molar-refractivity contribution in [3.63, 3.8) is 0 Å². The molecular formula is C32H31NO5S. The summed E-state index contributed by atoms with van der Waals surface area (Å²) in [5.41, 5.74) is 1.86. The molecule has 1 atom stereocenters. The lowest BCUT2D eigenvalue weighted by Gasteiger charge is -2.39. The monoisotopic (exact) mass is 541 g/mol. The standard InChI is InChI=1S/C32H31NO5S/c34-24-25-19-21-29(22-20-25)39(36,37)30-18-10-11-23-33(31(30)35)38-32(26-12-4-1-5-13-26,27-14-6-2-7-15-27)28-16-8-3-9-17-28/h1-9,12-17,19-22,30,34H,10-11,18,23-24H2. The SMILES string of the molecule is O=C1C(S(=O)(=O)c2ccc(CO)cc2)CCCCN1OC(c1ccccc1)(c1ccccc1)c1ccccc1. The van der Waals surface area contributed by atoms with E-state index in [4.69, 9.17) is 4.84 Å². The van der Waals surface area contributed by atoms with Crippen molar-refractivity contribution in [3.8, 4) is 0 Å². The topological polar surface area (TPSA) is 83.9 Å². The van der Waals surface area contributed by atoms with E-state index in [0.717, 1.165) is 16.7 Å². The van der Waals surface area contributed by atoms with Crippen molar-refractivity contribution in [2.24, 2.45) is 0 Å². The van der Waals surface area contributed by atoms with Crippen LogP contribution in [0.2, 0.25) is 0 Å². The summed E-state index contributed by atoms with van der Waals surface area (Å²) in [6, 6.07) is 35.1. The molecule has 0 aromatic heterocycles. The van der Waals surface area contributed by atoms with E-state index in [-0.39, 0.29) is 24.5 Å². The molecule has 1 aliphatic heterocycles. The summed E-state index contributed by atoms with van der Waals surface area (Å²) in [5.74, 6) is -0.578. The summed E-state index contributed by atoms with van der Waals surface area (Å²) >= 11 is 0. The molecule has 0 aliphatic carbocycles. The molecule has 6 nitrogen and oxygen atoms in total. The molecule has 39 heavy (non-hydrogen) atoms. The third-order valence-electron chi connectivity index (χ3n) is 7.20. The fourth-order valence-corrected chi connectivity index (χ4v) is 6.85. The maximum Gasteiger partial charge on any atom is 0.264 e. The van der Waals surface area contributed by atoms with Gasteiger partial charge in [0.1, 0.15) is 5.25 Å². The highest BCUT2D eigenvalue weighted by Gasteiger charge is 2.45. The molecule has 5 rings (SSSR count). The minimum atomic E-state index is -3.99. The molecule has 0 radical (unpaired) electrons. The summed E-state index contributed by atoms with van der Waals surface area (Å²) < 4.78 is 27.4. The second-order valence-corrected chi connectivity index (χ2v) is 11.8. The maximum atomic E-state index is 14.0. The number of benzene rings is 4. The van der Waals surface area contributed by atoms with Gasteiger partial charge >= 0.3 is 0 Å². The molecule has 4 aromatic rings. The van der Waals surface area contributed by atoms with Crippen molar-refractivity contribution >= 4 is 15.7 Å². The number of hydroxylamine groups is 2. The van der Waals surface area contributed by atoms with Crippen LogP contribution in [0.15, 0.2) is 120 Å². The third kappa shape index (κ3) is 5.26. The highest BCUT2D eigenvalue weighted by molar-refractivity contribution is 7.92. The van der Waals surface area contributed by atoms with E-state index in [1.54, 1.807) is 12.1 Å². The quantitative estimate of drug-likeness (QED) is 0.308. The van der Waals surface area contributed by atoms with Gasteiger partial charge in [-0.3, -0.25) is 4.79 Å². The van der Waals surface area contributed by atoms with Gasteiger partial charge < -0.3 is 5.11 Å². The molecule has 4 aromatic carbocycles. The summed E-state index contributed by atoms with van der Waals surface area (Å²) in [4.78, 5) is 20.9. The number of carbonyl (C=O) groups is 1. The highest BCUT2D eigenvalue weighted by Crippen LogP contribution is 2.42. The molecule has 1 saturated heterocycles. The summed E-state index contributed by atoms with van der Waals surface area (Å²) in [6.07, 6.45) is 1.38. The number of amides is 1. The number of hydrogen-bond donors (Lipinski definition) is 1. The van der Waals surface area contributed by atoms with Gasteiger partial charge in [-0.25, -0.2) is 18.3 Å². The van der Waals surface area contributed by atoms with E-state index in [9.17, 15) is 18.3 Å². The second-order valence-electron chi connectivity index (χ2n) is 9.64. The number of aliphatic hydroxyl groups is 1. The Kier molecular flexibility index (Phi) is 7.93. The van der Waals surface area contributed by atoms with Crippen molar-refractivity contribution in [2.45, 2.75) is 41.6 Å². The molecule has 0 saturated carbocycles. The van der Waals surface area contributed by atoms with Crippen molar-refractivity contribution in [1.29, 1.82) is 0 Å². The average Bonchev–Trinajstić information content (AvgIpc) is 3.18. The van der Waals surface area contributed by atoms with E-state index in [1.165, 1.54) is 17.2 Å². The van der Waals surface area contributed by atoms with Gasteiger partial charge in [-0.05, 0) is 53.6 Å². The first-order valence-electron chi connectivity index (χ1n) is 13.1. The van der Waals surface area contributed by atoms with Gasteiger partial charge in [0.2, 0.25) is 0 Å². The largest absolute Gasteiger partial charge is 0.392 e. The van der Waals surface area contributed by atoms with E-state index < -0.39 is 26.6 Å². The minimum absolute atomic E-state index is 0.0559. The normalized spacial score (nSPS) is 16.6. The van der Waals surface area contributed by atoms with Crippen LogP contribution in [-0.4, -0.2) is 36.3 Å². The lowest BCUT2D eigenvalue weighted by atomic mass is 9.80. The van der Waals surface area contributed by atoms with Gasteiger partial charge in [0, 0.05) is 6.54 Å². The molecule has 0 bridgehead atoms. The van der Waals surface area contributed by atoms with Gasteiger partial charge in [-0.15, -0.1) is 0 Å². The molecule has 1 amide bonds. The van der Waals surface area contributed by atoms with Gasteiger partial charge in [-0.1, -0.05) is 103 Å². The lowest BCUT2D eigenvalue weighted by molar-refractivity contribution is -0.221. The fraction of sp³-hybridized carbons (Fsp3) is 0.219. The highest BCUT2D eigenvalue weighted by atomic mass is 32.2. The van der Waals surface area contributed by atoms with Crippen LogP contribution in [0.4, 0.5) is 0 Å². The number of nitrogens with zero attached hydrogens (tertiary/aromatic N) is 1. The molecule has 1 unspecified atom stereocenters. The van der Waals surface area contributed by atoms with E-state index >= 15 is 0 Å². The summed E-state index contributed by atoms with van der Waals surface area (Å²) in [7, 11) is -3.99. The van der Waals surface area contributed by atoms with Crippen LogP contribution in [0.5, 0.6) is 0 Å². The first kappa shape index (κ1) is 26.8. The molecule has 7 heteroatoms. The van der Waals surface area contributed by atoms with Crippen LogP contribution in [0, 0.1) is 0 Å². The maximum absolute atomic E-state index is 14.0. The van der Waals surface area contributed by atoms with Crippen LogP contribution in [0.3, 0.4) is 0 Å². The number of hydrogen-bond acceptors (Lipinski definition) is 5. The zero-order chi connectivity index (χ0) is 27.3. The Balaban J connectivity index is 1.61. The van der Waals surface area contributed by atoms with Crippen LogP contribution in [0.1, 0.15) is 41.5 Å². The fourth-order valence-electron chi connectivity index (χ4n) is 5.15. The number of rotatable bonds is 8. The molecule has 1 heterocycles. The number of sulfone groups is 1. The van der Waals surface area contributed by atoms with E-state index in [2.05, 4.69) is 0 Å². The number of carbonyl (C=O) groups excluding carboxylic acids is 1. The average molecular weight is 542 g/mol. The van der Waals surface area contributed by atoms with Gasteiger partial charge in [0.25, 0.3) is 5.91 Å². The second kappa shape index (κ2) is 11.5. The molecule has 1 fully saturated rings. The van der Waals surface area contributed by atoms with E-state index in [1.807, 2.05) is 91.0 Å². The van der Waals surface area contributed by atoms with Crippen LogP contribution >= 0.6 is 0 Å². The predicted octanol–water partition coefficient (Wildman–Crippen LogP) is 5.26. The molecule has 1 aliphatic rings. The summed E-state index contributed by atoms with van der Waals surface area (Å²) in [6.45, 7) is 0.0768. The smallest absolute Gasteiger partial charge is 0.264 e. The Labute approximate surface area is 229 Å². The first-order valence-corrected chi connectivity index (χ1v) is 14.6. The number of aliphatic hydroxyl groups excluding tert-OH is 1. The van der Waals surface area contributed by atoms with Crippen molar-refractivity contribution in [3.05, 3.63) is 138 Å². The van der Waals surface area contributed by atoms with Gasteiger partial charge in [0.05, 0.1) is 11.5 Å². The van der Waals surface area contributed by atoms with Crippen LogP contribution < -0.4 is 0 Å². The Morgan fingerprint density at radius 3 is 1.69 bits per heavy atom. The van der Waals surface area contributed by atoms with E-state index in [0.29, 0.717) is 18.4 Å². The lowest BCUT2D eigenvalue weighted by Crippen LogP contribution is -2.47. The third-order valence-corrected chi connectivity index (χ3v) is 9.31. The van der Waals surface area contributed by atoms with Crippen molar-refractivity contribution in [2.75, 3.05) is 6.54 Å². The summed E-state index contributed by atoms with van der Waals surface area (Å²) in [5, 5.41) is 9.35. The van der Waals surface area contributed by atoms with Crippen molar-refractivity contribution < 1.29 is 23.2 Å². The van der Waals surface area contributed by atoms with Gasteiger partial charge in [-0.2, -0.15) is 0 Å².